The first-order valence-electron chi connectivity index (χ1n) is 1.38. The maximum absolute atomic E-state index is 7.34. The van der Waals surface area contributed by atoms with E-state index in [4.69, 9.17) is 5.26 Å². The summed E-state index contributed by atoms with van der Waals surface area (Å²) in [5.74, 6) is 0. The Kier molecular flexibility index (Phi) is 42.6. The van der Waals surface area contributed by atoms with E-state index < -0.39 is 0 Å². The summed E-state index contributed by atoms with van der Waals surface area (Å²) >= 11 is 1.53. The van der Waals surface area contributed by atoms with Gasteiger partial charge in [-0.3, -0.25) is 0 Å². The second-order valence-electron chi connectivity index (χ2n) is 0.377. The van der Waals surface area contributed by atoms with Crippen molar-refractivity contribution < 1.29 is 43.7 Å². The molecular weight excluding hydrogens is 373 g/mol. The topological polar surface area (TPSA) is 47.9 Å². The molecule has 0 bridgehead atoms. The Labute approximate surface area is 83.4 Å². The van der Waals surface area contributed by atoms with Gasteiger partial charge in [-0.2, -0.15) is 0 Å². The molecule has 0 heterocycles. The minimum atomic E-state index is 0. The molecule has 54 valence electrons. The molecule has 0 fully saturated rings. The molecule has 0 radical (unpaired) electrons. The average Bonchev–Trinajstić information content (AvgIpc) is 1.88. The van der Waals surface area contributed by atoms with Crippen LogP contribution in [0.5, 0.6) is 0 Å². The molecule has 4 nitrogen and oxygen atoms in total. The number of hydrogen-bond donors (Lipinski definition) is 1. The second-order valence-corrected chi connectivity index (χ2v) is 0.847. The van der Waals surface area contributed by atoms with Crippen LogP contribution in [0.1, 0.15) is 0 Å². The van der Waals surface area contributed by atoms with E-state index in [0.717, 1.165) is 12.0 Å². The van der Waals surface area contributed by atoms with Crippen LogP contribution in [0.4, 0.5) is 0 Å². The maximum atomic E-state index is 7.34. The molecule has 0 rings (SSSR count). The quantitative estimate of drug-likeness (QED) is 0.263. The van der Waals surface area contributed by atoms with Gasteiger partial charge in [-0.15, -0.1) is 4.33 Å². The molecule has 0 aromatic rings. The Hall–Kier alpha value is 1.70. The van der Waals surface area contributed by atoms with Crippen molar-refractivity contribution in [2.45, 2.75) is 0 Å². The third-order valence-electron chi connectivity index (χ3n) is 0.126. The molecule has 0 atom stereocenters. The van der Waals surface area contributed by atoms with Crippen LogP contribution in [-0.4, -0.2) is 11.5 Å². The second kappa shape index (κ2) is 22.6. The third kappa shape index (κ3) is 26.0. The molecule has 0 saturated heterocycles. The van der Waals surface area contributed by atoms with Crippen LogP contribution < -0.4 is 0 Å². The zero-order chi connectivity index (χ0) is 6.83. The summed E-state index contributed by atoms with van der Waals surface area (Å²) in [6.45, 7) is 0. The third-order valence-corrected chi connectivity index (χ3v) is 0.318. The van der Waals surface area contributed by atoms with Crippen molar-refractivity contribution in [1.82, 2.24) is 0 Å². The van der Waals surface area contributed by atoms with Gasteiger partial charge in [0.25, 0.3) is 0 Å². The Morgan fingerprint density at radius 3 is 2.11 bits per heavy atom. The molecular formula is CH4HgO4S3-2. The number of hydrogen-bond acceptors (Lipinski definition) is 6. The Morgan fingerprint density at radius 2 is 2.00 bits per heavy atom. The molecule has 0 aliphatic rings. The van der Waals surface area contributed by atoms with Gasteiger partial charge in [0.1, 0.15) is 0 Å². The van der Waals surface area contributed by atoms with E-state index in [1.807, 2.05) is 0 Å². The van der Waals surface area contributed by atoms with Crippen LogP contribution in [0.2, 0.25) is 0 Å². The van der Waals surface area contributed by atoms with Crippen LogP contribution in [0.3, 0.4) is 0 Å². The van der Waals surface area contributed by atoms with E-state index in [1.54, 1.807) is 6.26 Å². The van der Waals surface area contributed by atoms with Gasteiger partial charge in [0.2, 0.25) is 0 Å². The van der Waals surface area contributed by atoms with Gasteiger partial charge in [-0.1, -0.05) is 0 Å². The molecule has 0 aromatic carbocycles. The Balaban J connectivity index is -0.000000109. The number of rotatable bonds is 3. The Bertz CT molecular complexity index is 35.0. The van der Waals surface area contributed by atoms with Crippen LogP contribution >= 0.6 is 20.6 Å². The summed E-state index contributed by atoms with van der Waals surface area (Å²) < 4.78 is 3.93. The van der Waals surface area contributed by atoms with Crippen molar-refractivity contribution in [3.8, 4) is 0 Å². The van der Waals surface area contributed by atoms with E-state index in [0.29, 0.717) is 24.0 Å². The summed E-state index contributed by atoms with van der Waals surface area (Å²) in [5, 5.41) is 13.9. The molecule has 0 amide bonds. The fourth-order valence-corrected chi connectivity index (χ4v) is 0.121. The van der Waals surface area contributed by atoms with Crippen molar-refractivity contribution in [3.05, 3.63) is 0 Å². The average molecular weight is 377 g/mol. The van der Waals surface area contributed by atoms with E-state index in [1.165, 1.54) is 0 Å². The van der Waals surface area contributed by atoms with Crippen LogP contribution in [0, 0.1) is 0 Å². The normalized spacial score (nSPS) is 6.67. The molecule has 1 N–H and O–H groups in total. The minimum absolute atomic E-state index is 0. The first kappa shape index (κ1) is 17.0. The predicted molar refractivity (Wildman–Crippen MR) is 34.4 cm³/mol. The molecule has 0 saturated carbocycles. The zero-order valence-electron chi connectivity index (χ0n) is 4.60. The molecule has 9 heavy (non-hydrogen) atoms. The van der Waals surface area contributed by atoms with E-state index in [-0.39, 0.29) is 13.5 Å². The summed E-state index contributed by atoms with van der Waals surface area (Å²) in [5.41, 5.74) is 0. The van der Waals surface area contributed by atoms with Gasteiger partial charge in [-0.05, 0) is 10.1 Å². The molecule has 0 unspecified atom stereocenters. The van der Waals surface area contributed by atoms with Crippen LogP contribution in [0.15, 0.2) is 0 Å². The molecule has 0 aliphatic heterocycles. The molecule has 0 spiro atoms. The monoisotopic (exact) mass is 378 g/mol. The predicted octanol–water partition coefficient (Wildman–Crippen LogP) is 1.26. The summed E-state index contributed by atoms with van der Waals surface area (Å²) in [6, 6.07) is 0. The van der Waals surface area contributed by atoms with Crippen LogP contribution in [-0.2, 0) is 51.9 Å². The fourth-order valence-electron chi connectivity index (χ4n) is 0.0402. The standard InChI is InChI=1S/CH4O4S.Hg.2S/c1-6-5-4-3-2;;;/h2H,1H3;;;/q;;;-2. The zero-order valence-corrected chi connectivity index (χ0v) is 12.6. The van der Waals surface area contributed by atoms with Gasteiger partial charge in [0.15, 0.2) is 0 Å². The first-order valence-corrected chi connectivity index (χ1v) is 9.84. The Morgan fingerprint density at radius 1 is 1.56 bits per heavy atom. The summed E-state index contributed by atoms with van der Waals surface area (Å²) in [4.78, 5) is 0. The van der Waals surface area contributed by atoms with Gasteiger partial charge in [0, 0.05) is 18.3 Å². The van der Waals surface area contributed by atoms with Gasteiger partial charge >= 0.3 is 32.6 Å². The van der Waals surface area contributed by atoms with Gasteiger partial charge in [-0.25, -0.2) is 5.26 Å². The molecule has 8 heteroatoms. The van der Waals surface area contributed by atoms with E-state index >= 15 is 0 Å². The van der Waals surface area contributed by atoms with Crippen molar-refractivity contribution in [1.29, 1.82) is 0 Å². The van der Waals surface area contributed by atoms with Crippen molar-refractivity contribution in [2.75, 3.05) is 6.26 Å². The van der Waals surface area contributed by atoms with Crippen molar-refractivity contribution in [2.24, 2.45) is 0 Å². The van der Waals surface area contributed by atoms with Gasteiger partial charge < -0.3 is 13.5 Å². The SMILES string of the molecule is CSOOOO.[S-2].[S]=[Hg]. The van der Waals surface area contributed by atoms with Crippen molar-refractivity contribution in [3.63, 3.8) is 0 Å². The summed E-state index contributed by atoms with van der Waals surface area (Å²) in [7, 11) is 4.28. The first-order chi connectivity index (χ1) is 3.91. The fraction of sp³-hybridized carbons (Fsp3) is 1.00. The van der Waals surface area contributed by atoms with Gasteiger partial charge in [0.05, 0.1) is 0 Å². The van der Waals surface area contributed by atoms with Crippen LogP contribution in [0.25, 0.3) is 0 Å². The summed E-state index contributed by atoms with van der Waals surface area (Å²) in [6.07, 6.45) is 1.61. The van der Waals surface area contributed by atoms with E-state index in [9.17, 15) is 0 Å². The van der Waals surface area contributed by atoms with E-state index in [2.05, 4.69) is 23.0 Å². The molecule has 0 aliphatic carbocycles. The van der Waals surface area contributed by atoms with Crippen molar-refractivity contribution >= 4 is 34.1 Å². The molecule has 0 aromatic heterocycles.